The number of carbonyl (C=O) groups is 2. The van der Waals surface area contributed by atoms with Crippen molar-refractivity contribution in [1.82, 2.24) is 10.2 Å². The molecule has 0 aliphatic rings. The number of aromatic nitrogens is 2. The van der Waals surface area contributed by atoms with Gasteiger partial charge in [0.25, 0.3) is 0 Å². The Morgan fingerprint density at radius 2 is 1.63 bits per heavy atom. The van der Waals surface area contributed by atoms with E-state index in [0.717, 1.165) is 28.0 Å². The highest BCUT2D eigenvalue weighted by molar-refractivity contribution is 6.00. The molecule has 41 heavy (non-hydrogen) atoms. The molecule has 0 spiro atoms. The van der Waals surface area contributed by atoms with Gasteiger partial charge in [0.05, 0.1) is 23.0 Å². The number of rotatable bonds is 9. The first-order valence-electron chi connectivity index (χ1n) is 12.7. The number of hydrogen-bond acceptors (Lipinski definition) is 7. The first-order chi connectivity index (χ1) is 19.6. The molecule has 0 atom stereocenters. The second-order valence-electron chi connectivity index (χ2n) is 9.36. The predicted molar refractivity (Wildman–Crippen MR) is 160 cm³/mol. The number of nitrogens with one attached hydrogen (secondary N) is 2. The maximum absolute atomic E-state index is 14.1. The number of anilines is 3. The molecule has 3 aromatic carbocycles. The van der Waals surface area contributed by atoms with Crippen LogP contribution in [-0.4, -0.2) is 51.0 Å². The highest BCUT2D eigenvalue weighted by Crippen LogP contribution is 2.36. The topological polar surface area (TPSA) is 90.6 Å². The summed E-state index contributed by atoms with van der Waals surface area (Å²) in [5.41, 5.74) is 4.81. The number of fused-ring (bicyclic) bond motifs is 1. The highest BCUT2D eigenvalue weighted by atomic mass is 19.1. The largest absolute Gasteiger partial charge is 0.452 e. The number of H-pyrrole nitrogens is 1. The summed E-state index contributed by atoms with van der Waals surface area (Å²) in [6.45, 7) is 3.54. The smallest absolute Gasteiger partial charge is 0.167 e. The molecule has 0 aliphatic heterocycles. The van der Waals surface area contributed by atoms with Gasteiger partial charge in [0, 0.05) is 56.7 Å². The fraction of sp³-hybridized carbons (Fsp3) is 0.194. The summed E-state index contributed by atoms with van der Waals surface area (Å²) >= 11 is 0. The van der Waals surface area contributed by atoms with Gasteiger partial charge in [0.15, 0.2) is 29.9 Å². The van der Waals surface area contributed by atoms with Crippen LogP contribution in [0, 0.1) is 11.6 Å². The Labute approximate surface area is 237 Å². The van der Waals surface area contributed by atoms with Gasteiger partial charge in [-0.25, -0.2) is 8.78 Å². The Morgan fingerprint density at radius 1 is 0.951 bits per heavy atom. The van der Waals surface area contributed by atoms with E-state index < -0.39 is 5.82 Å². The summed E-state index contributed by atoms with van der Waals surface area (Å²) in [7, 11) is 7.38. The predicted octanol–water partition coefficient (Wildman–Crippen LogP) is 6.48. The number of benzene rings is 3. The van der Waals surface area contributed by atoms with E-state index >= 15 is 0 Å². The van der Waals surface area contributed by atoms with Crippen LogP contribution in [0.25, 0.3) is 10.9 Å². The van der Waals surface area contributed by atoms with Crippen molar-refractivity contribution in [2.24, 2.45) is 0 Å². The number of aromatic amines is 1. The maximum atomic E-state index is 14.1. The van der Waals surface area contributed by atoms with Gasteiger partial charge in [-0.3, -0.25) is 14.7 Å². The van der Waals surface area contributed by atoms with E-state index in [4.69, 9.17) is 4.74 Å². The third-order valence-electron chi connectivity index (χ3n) is 6.32. The fourth-order valence-electron chi connectivity index (χ4n) is 3.82. The molecular formula is C31H33F2N5O3. The van der Waals surface area contributed by atoms with Gasteiger partial charge in [0.1, 0.15) is 5.82 Å². The Morgan fingerprint density at radius 3 is 2.22 bits per heavy atom. The minimum Gasteiger partial charge on any atom is -0.452 e. The van der Waals surface area contributed by atoms with Crippen molar-refractivity contribution in [2.75, 3.05) is 43.3 Å². The molecule has 4 aromatic rings. The van der Waals surface area contributed by atoms with E-state index in [2.05, 4.69) is 15.5 Å². The molecule has 2 N–H and O–H groups in total. The van der Waals surface area contributed by atoms with E-state index in [1.165, 1.54) is 18.2 Å². The van der Waals surface area contributed by atoms with Crippen molar-refractivity contribution < 1.29 is 23.1 Å². The zero-order valence-corrected chi connectivity index (χ0v) is 23.8. The summed E-state index contributed by atoms with van der Waals surface area (Å²) in [6.07, 6.45) is 4.51. The lowest BCUT2D eigenvalue weighted by Gasteiger charge is -2.20. The van der Waals surface area contributed by atoms with Gasteiger partial charge < -0.3 is 19.9 Å². The molecule has 8 nitrogen and oxygen atoms in total. The second kappa shape index (κ2) is 13.9. The lowest BCUT2D eigenvalue weighted by molar-refractivity contribution is -0.109. The molecule has 0 bridgehead atoms. The molecule has 4 rings (SSSR count). The van der Waals surface area contributed by atoms with Crippen molar-refractivity contribution in [2.45, 2.75) is 13.8 Å². The van der Waals surface area contributed by atoms with Crippen LogP contribution in [0.4, 0.5) is 25.8 Å². The molecule has 10 heteroatoms. The molecule has 0 fully saturated rings. The molecule has 214 valence electrons. The quantitative estimate of drug-likeness (QED) is 0.0795. The lowest BCUT2D eigenvalue weighted by Crippen LogP contribution is -2.14. The Balaban J connectivity index is 0.000000229. The van der Waals surface area contributed by atoms with Crippen molar-refractivity contribution >= 4 is 40.5 Å². The Bertz CT molecular complexity index is 1570. The zero-order valence-electron chi connectivity index (χ0n) is 23.8. The fourth-order valence-corrected chi connectivity index (χ4v) is 3.82. The van der Waals surface area contributed by atoms with Gasteiger partial charge in [0.2, 0.25) is 0 Å². The molecule has 0 saturated carbocycles. The molecule has 0 amide bonds. The van der Waals surface area contributed by atoms with E-state index in [1.807, 2.05) is 50.0 Å². The van der Waals surface area contributed by atoms with Crippen LogP contribution in [-0.2, 0) is 9.59 Å². The zero-order chi connectivity index (χ0) is 30.1. The van der Waals surface area contributed by atoms with Crippen LogP contribution in [0.1, 0.15) is 13.8 Å². The minimum absolute atomic E-state index is 0.117. The first kappa shape index (κ1) is 30.6. The first-order valence-corrected chi connectivity index (χ1v) is 12.7. The number of halogens is 2. The molecule has 1 aromatic heterocycles. The van der Waals surface area contributed by atoms with E-state index in [1.54, 1.807) is 50.5 Å². The van der Waals surface area contributed by atoms with Gasteiger partial charge in [-0.2, -0.15) is 5.10 Å². The average molecular weight is 562 g/mol. The SMILES string of the molecule is CC(/C=C(/C)N(C)c1ccc(F)cc1)=C(C=O)C=O.CNc1ccc(Oc2cc3cn[nH]c3cc2N(C)C)c(F)c1. The highest BCUT2D eigenvalue weighted by Gasteiger charge is 2.13. The standard InChI is InChI=1S/C16H17FN4O.C15H16FNO2/c1-18-11-4-5-15(12(17)7-11)22-16-6-10-9-19-20-13(10)8-14(16)21(2)3;1-11(13(9-18)10-19)8-12(2)17(3)15-6-4-14(16)5-7-15/h4-9,18H,1-3H3,(H,19,20);4-10H,1-3H3/b;12-8-. The number of aldehydes is 2. The lowest BCUT2D eigenvalue weighted by atomic mass is 10.1. The van der Waals surface area contributed by atoms with Crippen molar-refractivity contribution in [3.63, 3.8) is 0 Å². The molecule has 0 saturated heterocycles. The third-order valence-corrected chi connectivity index (χ3v) is 6.32. The number of allylic oxidation sites excluding steroid dienone is 4. The van der Waals surface area contributed by atoms with E-state index in [0.29, 0.717) is 29.6 Å². The Hall–Kier alpha value is -4.99. The van der Waals surface area contributed by atoms with Crippen LogP contribution in [0.3, 0.4) is 0 Å². The number of ether oxygens (including phenoxy) is 1. The average Bonchev–Trinajstić information content (AvgIpc) is 3.42. The maximum Gasteiger partial charge on any atom is 0.167 e. The number of carbonyl (C=O) groups excluding carboxylic acids is 2. The van der Waals surface area contributed by atoms with Crippen LogP contribution in [0.5, 0.6) is 11.5 Å². The monoisotopic (exact) mass is 561 g/mol. The van der Waals surface area contributed by atoms with Gasteiger partial charge in [-0.15, -0.1) is 0 Å². The molecule has 0 radical (unpaired) electrons. The minimum atomic E-state index is -0.413. The van der Waals surface area contributed by atoms with Crippen molar-refractivity contribution in [3.8, 4) is 11.5 Å². The third kappa shape index (κ3) is 7.78. The molecule has 1 heterocycles. The van der Waals surface area contributed by atoms with Crippen molar-refractivity contribution in [3.05, 3.63) is 95.3 Å². The van der Waals surface area contributed by atoms with Gasteiger partial charge in [-0.1, -0.05) is 0 Å². The van der Waals surface area contributed by atoms with Crippen LogP contribution in [0.2, 0.25) is 0 Å². The molecular weight excluding hydrogens is 528 g/mol. The normalized spacial score (nSPS) is 10.8. The summed E-state index contributed by atoms with van der Waals surface area (Å²) in [4.78, 5) is 25.1. The summed E-state index contributed by atoms with van der Waals surface area (Å²) < 4.78 is 32.7. The Kier molecular flexibility index (Phi) is 10.3. The van der Waals surface area contributed by atoms with E-state index in [9.17, 15) is 18.4 Å². The van der Waals surface area contributed by atoms with Gasteiger partial charge >= 0.3 is 0 Å². The number of nitrogens with zero attached hydrogens (tertiary/aromatic N) is 3. The van der Waals surface area contributed by atoms with Crippen LogP contribution in [0.15, 0.2) is 83.7 Å². The van der Waals surface area contributed by atoms with Crippen LogP contribution < -0.4 is 19.9 Å². The summed E-state index contributed by atoms with van der Waals surface area (Å²) in [6, 6.07) is 14.6. The van der Waals surface area contributed by atoms with Crippen LogP contribution >= 0.6 is 0 Å². The van der Waals surface area contributed by atoms with Gasteiger partial charge in [-0.05, 0) is 74.0 Å². The number of hydrogen-bond donors (Lipinski definition) is 2. The second-order valence-corrected chi connectivity index (χ2v) is 9.36. The summed E-state index contributed by atoms with van der Waals surface area (Å²) in [5, 5.41) is 10.7. The van der Waals surface area contributed by atoms with Crippen molar-refractivity contribution in [1.29, 1.82) is 0 Å². The van der Waals surface area contributed by atoms with E-state index in [-0.39, 0.29) is 17.1 Å². The summed E-state index contributed by atoms with van der Waals surface area (Å²) in [5.74, 6) is 0.0582. The molecule has 0 unspecified atom stereocenters. The molecule has 0 aliphatic carbocycles.